The fourth-order valence-corrected chi connectivity index (χ4v) is 2.29. The summed E-state index contributed by atoms with van der Waals surface area (Å²) in [6, 6.07) is 13.0. The normalized spacial score (nSPS) is 11.2. The number of ether oxygens (including phenoxy) is 1. The summed E-state index contributed by atoms with van der Waals surface area (Å²) in [7, 11) is 1.65. The lowest BCUT2D eigenvalue weighted by atomic mass is 10.1. The third-order valence-electron chi connectivity index (χ3n) is 3.58. The first-order chi connectivity index (χ1) is 11.6. The molecule has 5 heteroatoms. The van der Waals surface area contributed by atoms with Crippen molar-refractivity contribution >= 4 is 5.96 Å². The monoisotopic (exact) mass is 329 g/mol. The average Bonchev–Trinajstić information content (AvgIpc) is 2.60. The van der Waals surface area contributed by atoms with Crippen LogP contribution in [0.1, 0.15) is 23.6 Å². The van der Waals surface area contributed by atoms with Crippen molar-refractivity contribution in [1.82, 2.24) is 10.6 Å². The maximum Gasteiger partial charge on any atom is 0.191 e. The van der Waals surface area contributed by atoms with Crippen molar-refractivity contribution in [2.45, 2.75) is 26.9 Å². The summed E-state index contributed by atoms with van der Waals surface area (Å²) in [5, 5.41) is 6.48. The average molecular weight is 329 g/mol. The lowest BCUT2D eigenvalue weighted by Gasteiger charge is -2.12. The molecule has 0 saturated carbocycles. The van der Waals surface area contributed by atoms with Crippen molar-refractivity contribution in [3.05, 3.63) is 65.0 Å². The highest BCUT2D eigenvalue weighted by Crippen LogP contribution is 2.13. The molecule has 0 aliphatic carbocycles. The molecule has 2 rings (SSSR count). The quantitative estimate of drug-likeness (QED) is 0.631. The van der Waals surface area contributed by atoms with Crippen molar-refractivity contribution in [2.24, 2.45) is 4.99 Å². The van der Waals surface area contributed by atoms with Gasteiger partial charge in [-0.3, -0.25) is 0 Å². The van der Waals surface area contributed by atoms with Gasteiger partial charge in [-0.15, -0.1) is 0 Å². The van der Waals surface area contributed by atoms with Gasteiger partial charge < -0.3 is 15.4 Å². The molecular formula is C19H24FN3O. The minimum atomic E-state index is -0.183. The Balaban J connectivity index is 2.00. The summed E-state index contributed by atoms with van der Waals surface area (Å²) in [6.45, 7) is 5.69. The molecule has 4 nitrogen and oxygen atoms in total. The lowest BCUT2D eigenvalue weighted by Crippen LogP contribution is -2.36. The highest BCUT2D eigenvalue weighted by Gasteiger charge is 2.02. The van der Waals surface area contributed by atoms with Gasteiger partial charge in [-0.05, 0) is 48.7 Å². The Morgan fingerprint density at radius 1 is 1.12 bits per heavy atom. The second kappa shape index (κ2) is 8.91. The smallest absolute Gasteiger partial charge is 0.191 e. The molecule has 0 amide bonds. The first-order valence-corrected chi connectivity index (χ1v) is 8.02. The molecule has 0 aliphatic rings. The standard InChI is InChI=1S/C19H24FN3O/c1-4-21-19(22-12-15-6-5-7-17(11-15)24-3)23-13-16-8-9-18(20)14(2)10-16/h5-11H,4,12-13H2,1-3H3,(H2,21,22,23). The summed E-state index contributed by atoms with van der Waals surface area (Å²) in [4.78, 5) is 4.58. The molecule has 0 saturated heterocycles. The molecule has 2 aromatic carbocycles. The van der Waals surface area contributed by atoms with E-state index in [1.807, 2.05) is 37.3 Å². The van der Waals surface area contributed by atoms with Gasteiger partial charge in [0.1, 0.15) is 11.6 Å². The first-order valence-electron chi connectivity index (χ1n) is 8.02. The van der Waals surface area contributed by atoms with Crippen LogP contribution in [0.25, 0.3) is 0 Å². The number of hydrogen-bond acceptors (Lipinski definition) is 2. The van der Waals surface area contributed by atoms with Crippen LogP contribution in [0, 0.1) is 12.7 Å². The van der Waals surface area contributed by atoms with Crippen molar-refractivity contribution in [3.8, 4) is 5.75 Å². The minimum absolute atomic E-state index is 0.183. The van der Waals surface area contributed by atoms with Gasteiger partial charge in [-0.25, -0.2) is 9.38 Å². The van der Waals surface area contributed by atoms with E-state index >= 15 is 0 Å². The number of nitrogens with one attached hydrogen (secondary N) is 2. The van der Waals surface area contributed by atoms with Crippen LogP contribution < -0.4 is 15.4 Å². The topological polar surface area (TPSA) is 45.7 Å². The van der Waals surface area contributed by atoms with E-state index in [-0.39, 0.29) is 5.82 Å². The number of benzene rings is 2. The fourth-order valence-electron chi connectivity index (χ4n) is 2.29. The molecule has 0 aliphatic heterocycles. The van der Waals surface area contributed by atoms with Crippen LogP contribution in [0.5, 0.6) is 5.75 Å². The van der Waals surface area contributed by atoms with Gasteiger partial charge in [-0.1, -0.05) is 24.3 Å². The zero-order valence-corrected chi connectivity index (χ0v) is 14.4. The lowest BCUT2D eigenvalue weighted by molar-refractivity contribution is 0.414. The Bertz CT molecular complexity index is 701. The molecule has 0 heterocycles. The van der Waals surface area contributed by atoms with Crippen molar-refractivity contribution in [3.63, 3.8) is 0 Å². The number of hydrogen-bond donors (Lipinski definition) is 2. The van der Waals surface area contributed by atoms with Crippen LogP contribution in [0.2, 0.25) is 0 Å². The molecule has 0 fully saturated rings. The van der Waals surface area contributed by atoms with Crippen LogP contribution in [0.3, 0.4) is 0 Å². The number of methoxy groups -OCH3 is 1. The Morgan fingerprint density at radius 3 is 2.67 bits per heavy atom. The van der Waals surface area contributed by atoms with Gasteiger partial charge in [0.25, 0.3) is 0 Å². The van der Waals surface area contributed by atoms with Crippen LogP contribution in [0.15, 0.2) is 47.5 Å². The third kappa shape index (κ3) is 5.26. The number of aliphatic imine (C=N–C) groups is 1. The highest BCUT2D eigenvalue weighted by atomic mass is 19.1. The van der Waals surface area contributed by atoms with Gasteiger partial charge in [0.2, 0.25) is 0 Å². The fraction of sp³-hybridized carbons (Fsp3) is 0.316. The Hall–Kier alpha value is -2.56. The summed E-state index contributed by atoms with van der Waals surface area (Å²) in [5.74, 6) is 1.36. The molecule has 128 valence electrons. The van der Waals surface area contributed by atoms with E-state index in [1.165, 1.54) is 6.07 Å². The molecule has 0 radical (unpaired) electrons. The van der Waals surface area contributed by atoms with E-state index in [4.69, 9.17) is 4.74 Å². The summed E-state index contributed by atoms with van der Waals surface area (Å²) in [5.41, 5.74) is 2.73. The van der Waals surface area contributed by atoms with E-state index in [2.05, 4.69) is 15.6 Å². The molecule has 0 aromatic heterocycles. The van der Waals surface area contributed by atoms with Gasteiger partial charge in [0.05, 0.1) is 13.7 Å². The van der Waals surface area contributed by atoms with E-state index in [9.17, 15) is 4.39 Å². The van der Waals surface area contributed by atoms with Gasteiger partial charge >= 0.3 is 0 Å². The van der Waals surface area contributed by atoms with Crippen molar-refractivity contribution in [1.29, 1.82) is 0 Å². The van der Waals surface area contributed by atoms with Crippen LogP contribution in [-0.4, -0.2) is 19.6 Å². The molecule has 24 heavy (non-hydrogen) atoms. The van der Waals surface area contributed by atoms with Crippen molar-refractivity contribution in [2.75, 3.05) is 13.7 Å². The second-order valence-electron chi connectivity index (χ2n) is 5.48. The zero-order valence-electron chi connectivity index (χ0n) is 14.4. The van der Waals surface area contributed by atoms with Crippen LogP contribution in [-0.2, 0) is 13.1 Å². The number of guanidine groups is 1. The maximum atomic E-state index is 13.3. The summed E-state index contributed by atoms with van der Waals surface area (Å²) < 4.78 is 18.5. The van der Waals surface area contributed by atoms with E-state index in [0.717, 1.165) is 29.4 Å². The number of aryl methyl sites for hydroxylation is 1. The molecule has 2 N–H and O–H groups in total. The Labute approximate surface area is 142 Å². The van der Waals surface area contributed by atoms with Gasteiger partial charge in [0.15, 0.2) is 5.96 Å². The molecule has 0 unspecified atom stereocenters. The molecule has 0 atom stereocenters. The van der Waals surface area contributed by atoms with Gasteiger partial charge in [-0.2, -0.15) is 0 Å². The SMILES string of the molecule is CCNC(=NCc1cccc(OC)c1)NCc1ccc(F)c(C)c1. The summed E-state index contributed by atoms with van der Waals surface area (Å²) in [6.07, 6.45) is 0. The van der Waals surface area contributed by atoms with E-state index < -0.39 is 0 Å². The van der Waals surface area contributed by atoms with E-state index in [0.29, 0.717) is 18.7 Å². The number of nitrogens with zero attached hydrogens (tertiary/aromatic N) is 1. The first kappa shape index (κ1) is 17.8. The molecule has 0 bridgehead atoms. The largest absolute Gasteiger partial charge is 0.497 e. The maximum absolute atomic E-state index is 13.3. The van der Waals surface area contributed by atoms with Crippen LogP contribution >= 0.6 is 0 Å². The molecule has 2 aromatic rings. The van der Waals surface area contributed by atoms with Crippen molar-refractivity contribution < 1.29 is 9.13 Å². The van der Waals surface area contributed by atoms with E-state index in [1.54, 1.807) is 20.1 Å². The zero-order chi connectivity index (χ0) is 17.4. The minimum Gasteiger partial charge on any atom is -0.497 e. The Morgan fingerprint density at radius 2 is 1.96 bits per heavy atom. The third-order valence-corrected chi connectivity index (χ3v) is 3.58. The van der Waals surface area contributed by atoms with Crippen LogP contribution in [0.4, 0.5) is 4.39 Å². The molecule has 0 spiro atoms. The predicted molar refractivity (Wildman–Crippen MR) is 95.8 cm³/mol. The predicted octanol–water partition coefficient (Wildman–Crippen LogP) is 3.40. The molecular weight excluding hydrogens is 305 g/mol. The second-order valence-corrected chi connectivity index (χ2v) is 5.48. The summed E-state index contributed by atoms with van der Waals surface area (Å²) >= 11 is 0. The number of halogens is 1. The number of rotatable bonds is 6. The highest BCUT2D eigenvalue weighted by molar-refractivity contribution is 5.79. The van der Waals surface area contributed by atoms with Gasteiger partial charge in [0, 0.05) is 13.1 Å². The Kier molecular flexibility index (Phi) is 6.61.